The van der Waals surface area contributed by atoms with Gasteiger partial charge in [0.05, 0.1) is 22.8 Å². The summed E-state index contributed by atoms with van der Waals surface area (Å²) in [5.74, 6) is 0.633. The molecule has 0 fully saturated rings. The Morgan fingerprint density at radius 1 is 0.700 bits per heavy atom. The molecular weight excluding hydrogens is 370 g/mol. The van der Waals surface area contributed by atoms with Crippen LogP contribution in [-0.2, 0) is 0 Å². The first-order chi connectivity index (χ1) is 14.9. The third-order valence-electron chi connectivity index (χ3n) is 5.68. The summed E-state index contributed by atoms with van der Waals surface area (Å²) in [6, 6.07) is 23.5. The first kappa shape index (κ1) is 16.9. The number of hydrogen-bond acceptors (Lipinski definition) is 5. The summed E-state index contributed by atoms with van der Waals surface area (Å²) in [6.07, 6.45) is 9.47. The summed E-state index contributed by atoms with van der Waals surface area (Å²) in [6.45, 7) is 0. The topological polar surface area (TPSA) is 45.2 Å². The smallest absolute Gasteiger partial charge is 0.237 e. The second kappa shape index (κ2) is 6.81. The predicted octanol–water partition coefficient (Wildman–Crippen LogP) is 5.88. The van der Waals surface area contributed by atoms with Crippen LogP contribution < -0.4 is 9.80 Å². The van der Waals surface area contributed by atoms with Crippen LogP contribution in [0.1, 0.15) is 12.8 Å². The number of rotatable bonds is 2. The van der Waals surface area contributed by atoms with E-state index in [9.17, 15) is 0 Å². The number of fused-ring (bicyclic) bond motifs is 2. The molecule has 0 atom stereocenters. The molecule has 1 aliphatic heterocycles. The van der Waals surface area contributed by atoms with Crippen LogP contribution in [0.3, 0.4) is 0 Å². The van der Waals surface area contributed by atoms with E-state index in [1.165, 1.54) is 22.2 Å². The second-order valence-electron chi connectivity index (χ2n) is 7.37. The molecule has 0 saturated heterocycles. The fraction of sp³-hybridized carbons (Fsp3) is 0.0800. The second-order valence-corrected chi connectivity index (χ2v) is 7.37. The van der Waals surface area contributed by atoms with E-state index in [0.29, 0.717) is 5.95 Å². The Labute approximate surface area is 174 Å². The first-order valence-electron chi connectivity index (χ1n) is 10.1. The Hall–Kier alpha value is -3.99. The SMILES string of the molecule is C1=CC2=C(CC1)N(c1cccc3ccccc13)c1ccccc1N2c1ncncn1. The van der Waals surface area contributed by atoms with Gasteiger partial charge in [-0.3, -0.25) is 4.90 Å². The van der Waals surface area contributed by atoms with E-state index in [4.69, 9.17) is 0 Å². The van der Waals surface area contributed by atoms with Gasteiger partial charge in [-0.1, -0.05) is 54.6 Å². The normalized spacial score (nSPS) is 15.3. The van der Waals surface area contributed by atoms with E-state index in [1.54, 1.807) is 12.7 Å². The lowest BCUT2D eigenvalue weighted by Crippen LogP contribution is -2.33. The van der Waals surface area contributed by atoms with Crippen LogP contribution in [0.5, 0.6) is 0 Å². The molecule has 144 valence electrons. The minimum absolute atomic E-state index is 0.633. The lowest BCUT2D eigenvalue weighted by molar-refractivity contribution is 0.855. The van der Waals surface area contributed by atoms with E-state index in [0.717, 1.165) is 29.9 Å². The molecule has 0 N–H and O–H groups in total. The van der Waals surface area contributed by atoms with Crippen molar-refractivity contribution in [3.05, 3.63) is 103 Å². The zero-order valence-electron chi connectivity index (χ0n) is 16.3. The van der Waals surface area contributed by atoms with Gasteiger partial charge in [0, 0.05) is 11.1 Å². The minimum atomic E-state index is 0.633. The largest absolute Gasteiger partial charge is 0.309 e. The van der Waals surface area contributed by atoms with Gasteiger partial charge in [-0.25, -0.2) is 15.0 Å². The Morgan fingerprint density at radius 2 is 1.40 bits per heavy atom. The molecular formula is C25H19N5. The van der Waals surface area contributed by atoms with E-state index in [1.807, 2.05) is 0 Å². The number of hydrogen-bond donors (Lipinski definition) is 0. The molecule has 0 unspecified atom stereocenters. The lowest BCUT2D eigenvalue weighted by Gasteiger charge is -2.41. The van der Waals surface area contributed by atoms with E-state index < -0.39 is 0 Å². The van der Waals surface area contributed by atoms with Crippen molar-refractivity contribution < 1.29 is 0 Å². The van der Waals surface area contributed by atoms with Gasteiger partial charge in [0.1, 0.15) is 12.7 Å². The van der Waals surface area contributed by atoms with Crippen LogP contribution in [-0.4, -0.2) is 15.0 Å². The summed E-state index contributed by atoms with van der Waals surface area (Å²) >= 11 is 0. The Morgan fingerprint density at radius 3 is 2.27 bits per heavy atom. The molecule has 1 aromatic heterocycles. The van der Waals surface area contributed by atoms with Crippen molar-refractivity contribution >= 4 is 33.8 Å². The maximum absolute atomic E-state index is 4.46. The molecule has 0 bridgehead atoms. The van der Waals surface area contributed by atoms with Crippen molar-refractivity contribution in [2.75, 3.05) is 9.80 Å². The van der Waals surface area contributed by atoms with E-state index in [2.05, 4.69) is 104 Å². The van der Waals surface area contributed by atoms with Crippen molar-refractivity contribution in [1.82, 2.24) is 15.0 Å². The van der Waals surface area contributed by atoms with Crippen LogP contribution in [0.4, 0.5) is 23.0 Å². The molecule has 30 heavy (non-hydrogen) atoms. The highest BCUT2D eigenvalue weighted by Crippen LogP contribution is 2.49. The molecule has 0 amide bonds. The number of aromatic nitrogens is 3. The summed E-state index contributed by atoms with van der Waals surface area (Å²) in [5, 5.41) is 2.48. The van der Waals surface area contributed by atoms with Crippen molar-refractivity contribution in [2.24, 2.45) is 0 Å². The first-order valence-corrected chi connectivity index (χ1v) is 10.1. The van der Waals surface area contributed by atoms with Crippen molar-refractivity contribution in [2.45, 2.75) is 12.8 Å². The fourth-order valence-corrected chi connectivity index (χ4v) is 4.43. The van der Waals surface area contributed by atoms with Crippen LogP contribution in [0.25, 0.3) is 10.8 Å². The third-order valence-corrected chi connectivity index (χ3v) is 5.68. The number of para-hydroxylation sites is 2. The average Bonchev–Trinajstić information content (AvgIpc) is 2.83. The summed E-state index contributed by atoms with van der Waals surface area (Å²) in [5.41, 5.74) is 5.75. The van der Waals surface area contributed by atoms with Gasteiger partial charge >= 0.3 is 0 Å². The van der Waals surface area contributed by atoms with Gasteiger partial charge < -0.3 is 4.90 Å². The van der Waals surface area contributed by atoms with E-state index in [-0.39, 0.29) is 0 Å². The van der Waals surface area contributed by atoms with E-state index >= 15 is 0 Å². The molecule has 4 aromatic rings. The molecule has 3 aromatic carbocycles. The lowest BCUT2D eigenvalue weighted by atomic mass is 9.98. The molecule has 2 heterocycles. The highest BCUT2D eigenvalue weighted by atomic mass is 15.3. The predicted molar refractivity (Wildman–Crippen MR) is 120 cm³/mol. The molecule has 6 rings (SSSR count). The number of allylic oxidation sites excluding steroid dienone is 3. The number of anilines is 4. The summed E-state index contributed by atoms with van der Waals surface area (Å²) < 4.78 is 0. The highest BCUT2D eigenvalue weighted by molar-refractivity contribution is 6.00. The minimum Gasteiger partial charge on any atom is -0.309 e. The third kappa shape index (κ3) is 2.52. The maximum atomic E-state index is 4.46. The monoisotopic (exact) mass is 389 g/mol. The summed E-state index contributed by atoms with van der Waals surface area (Å²) in [7, 11) is 0. The van der Waals surface area contributed by atoms with Crippen molar-refractivity contribution in [1.29, 1.82) is 0 Å². The van der Waals surface area contributed by atoms with Gasteiger partial charge in [0.15, 0.2) is 0 Å². The van der Waals surface area contributed by atoms with Gasteiger partial charge in [0.2, 0.25) is 5.95 Å². The van der Waals surface area contributed by atoms with Crippen molar-refractivity contribution in [3.63, 3.8) is 0 Å². The quantitative estimate of drug-likeness (QED) is 0.429. The Bertz CT molecular complexity index is 1300. The summed E-state index contributed by atoms with van der Waals surface area (Å²) in [4.78, 5) is 17.5. The molecule has 0 saturated carbocycles. The molecule has 1 aliphatic carbocycles. The Balaban J connectivity index is 1.66. The molecule has 0 spiro atoms. The zero-order chi connectivity index (χ0) is 19.9. The number of nitrogens with zero attached hydrogens (tertiary/aromatic N) is 5. The zero-order valence-corrected chi connectivity index (χ0v) is 16.3. The van der Waals surface area contributed by atoms with Gasteiger partial charge in [-0.2, -0.15) is 0 Å². The maximum Gasteiger partial charge on any atom is 0.237 e. The van der Waals surface area contributed by atoms with Crippen molar-refractivity contribution in [3.8, 4) is 0 Å². The fourth-order valence-electron chi connectivity index (χ4n) is 4.43. The van der Waals surface area contributed by atoms with Gasteiger partial charge in [0.25, 0.3) is 0 Å². The highest BCUT2D eigenvalue weighted by Gasteiger charge is 2.33. The number of benzene rings is 3. The molecule has 5 heteroatoms. The van der Waals surface area contributed by atoms with Crippen LogP contribution in [0.15, 0.2) is 103 Å². The molecule has 2 aliphatic rings. The average molecular weight is 389 g/mol. The van der Waals surface area contributed by atoms with Crippen LogP contribution in [0, 0.1) is 0 Å². The van der Waals surface area contributed by atoms with Crippen LogP contribution in [0.2, 0.25) is 0 Å². The Kier molecular flexibility index (Phi) is 3.84. The van der Waals surface area contributed by atoms with Crippen LogP contribution >= 0.6 is 0 Å². The van der Waals surface area contributed by atoms with Gasteiger partial charge in [-0.15, -0.1) is 0 Å². The van der Waals surface area contributed by atoms with Gasteiger partial charge in [-0.05, 0) is 42.5 Å². The molecule has 0 radical (unpaired) electrons. The molecule has 5 nitrogen and oxygen atoms in total. The standard InChI is InChI=1S/C25H19N5/c1-2-10-19-18(8-1)9-7-15-20(19)29-21-11-3-5-13-23(21)30(25-27-16-26-17-28-25)24-14-6-4-12-22(24)29/h1-3,5-11,13-17H,4,12H2.